The van der Waals surface area contributed by atoms with Crippen LogP contribution in [0.2, 0.25) is 0 Å². The van der Waals surface area contributed by atoms with Crippen molar-refractivity contribution in [2.75, 3.05) is 5.32 Å². The first-order valence-electron chi connectivity index (χ1n) is 6.63. The van der Waals surface area contributed by atoms with Crippen LogP contribution in [-0.2, 0) is 13.1 Å². The fraction of sp³-hybridized carbons (Fsp3) is 0.214. The van der Waals surface area contributed by atoms with Crippen LogP contribution in [0.15, 0.2) is 47.6 Å². The van der Waals surface area contributed by atoms with Gasteiger partial charge in [-0.05, 0) is 19.1 Å². The van der Waals surface area contributed by atoms with Gasteiger partial charge in [0.1, 0.15) is 0 Å². The van der Waals surface area contributed by atoms with E-state index in [-0.39, 0.29) is 11.7 Å². The summed E-state index contributed by atoms with van der Waals surface area (Å²) < 4.78 is 8.64. The third kappa shape index (κ3) is 3.02. The fourth-order valence-corrected chi connectivity index (χ4v) is 1.96. The third-order valence-corrected chi connectivity index (χ3v) is 2.99. The van der Waals surface area contributed by atoms with Crippen LogP contribution >= 0.6 is 0 Å². The molecule has 3 aromatic heterocycles. The monoisotopic (exact) mass is 285 g/mol. The average molecular weight is 285 g/mol. The van der Waals surface area contributed by atoms with Gasteiger partial charge in [-0.2, -0.15) is 10.2 Å². The van der Waals surface area contributed by atoms with Gasteiger partial charge in [-0.3, -0.25) is 14.2 Å². The van der Waals surface area contributed by atoms with Crippen molar-refractivity contribution in [3.05, 3.63) is 54.5 Å². The molecule has 0 fully saturated rings. The van der Waals surface area contributed by atoms with Crippen LogP contribution in [0.3, 0.4) is 0 Å². The van der Waals surface area contributed by atoms with Gasteiger partial charge >= 0.3 is 0 Å². The van der Waals surface area contributed by atoms with Crippen LogP contribution in [0.25, 0.3) is 0 Å². The van der Waals surface area contributed by atoms with Crippen molar-refractivity contribution in [1.82, 2.24) is 19.6 Å². The SMILES string of the molecule is CCn1cc(Cn2cc(NC(=O)c3ccco3)cn2)cn1. The minimum atomic E-state index is -0.293. The Bertz CT molecular complexity index is 726. The largest absolute Gasteiger partial charge is 0.459 e. The van der Waals surface area contributed by atoms with Gasteiger partial charge in [0.15, 0.2) is 5.76 Å². The van der Waals surface area contributed by atoms with E-state index >= 15 is 0 Å². The molecule has 3 heterocycles. The van der Waals surface area contributed by atoms with Crippen LogP contribution in [0.4, 0.5) is 5.69 Å². The van der Waals surface area contributed by atoms with E-state index in [0.717, 1.165) is 12.1 Å². The van der Waals surface area contributed by atoms with Crippen molar-refractivity contribution in [2.24, 2.45) is 0 Å². The number of aromatic nitrogens is 4. The van der Waals surface area contributed by atoms with E-state index < -0.39 is 0 Å². The number of nitrogens with zero attached hydrogens (tertiary/aromatic N) is 4. The number of hydrogen-bond donors (Lipinski definition) is 1. The zero-order chi connectivity index (χ0) is 14.7. The van der Waals surface area contributed by atoms with Crippen LogP contribution in [0.1, 0.15) is 23.0 Å². The molecule has 0 saturated carbocycles. The number of carbonyl (C=O) groups excluding carboxylic acids is 1. The molecule has 3 aromatic rings. The Morgan fingerprint density at radius 1 is 1.29 bits per heavy atom. The normalized spacial score (nSPS) is 10.7. The summed E-state index contributed by atoms with van der Waals surface area (Å²) in [6.45, 7) is 3.48. The fourth-order valence-electron chi connectivity index (χ4n) is 1.96. The molecule has 108 valence electrons. The van der Waals surface area contributed by atoms with E-state index in [0.29, 0.717) is 12.2 Å². The molecule has 7 heteroatoms. The minimum Gasteiger partial charge on any atom is -0.459 e. The number of carbonyl (C=O) groups is 1. The molecule has 0 aliphatic heterocycles. The summed E-state index contributed by atoms with van der Waals surface area (Å²) in [7, 11) is 0. The summed E-state index contributed by atoms with van der Waals surface area (Å²) in [5, 5.41) is 11.2. The second-order valence-electron chi connectivity index (χ2n) is 4.56. The van der Waals surface area contributed by atoms with Crippen molar-refractivity contribution in [1.29, 1.82) is 0 Å². The number of amides is 1. The summed E-state index contributed by atoms with van der Waals surface area (Å²) in [6.07, 6.45) is 8.62. The molecule has 0 radical (unpaired) electrons. The lowest BCUT2D eigenvalue weighted by Gasteiger charge is -1.99. The van der Waals surface area contributed by atoms with Crippen LogP contribution in [0.5, 0.6) is 0 Å². The average Bonchev–Trinajstić information content (AvgIpc) is 3.20. The number of nitrogens with one attached hydrogen (secondary N) is 1. The van der Waals surface area contributed by atoms with E-state index in [4.69, 9.17) is 4.42 Å². The molecule has 0 atom stereocenters. The van der Waals surface area contributed by atoms with Crippen molar-refractivity contribution < 1.29 is 9.21 Å². The second kappa shape index (κ2) is 5.66. The van der Waals surface area contributed by atoms with Gasteiger partial charge in [-0.15, -0.1) is 0 Å². The standard InChI is InChI=1S/C14H15N5O2/c1-2-18-8-11(6-15-18)9-19-10-12(7-16-19)17-14(20)13-4-3-5-21-13/h3-8,10H,2,9H2,1H3,(H,17,20). The maximum absolute atomic E-state index is 11.8. The predicted molar refractivity (Wildman–Crippen MR) is 75.9 cm³/mol. The molecule has 7 nitrogen and oxygen atoms in total. The predicted octanol–water partition coefficient (Wildman–Crippen LogP) is 1.99. The summed E-state index contributed by atoms with van der Waals surface area (Å²) >= 11 is 0. The van der Waals surface area contributed by atoms with Crippen molar-refractivity contribution in [2.45, 2.75) is 20.0 Å². The lowest BCUT2D eigenvalue weighted by molar-refractivity contribution is 0.0996. The van der Waals surface area contributed by atoms with Gasteiger partial charge < -0.3 is 9.73 Å². The molecule has 0 aliphatic rings. The lowest BCUT2D eigenvalue weighted by Crippen LogP contribution is -2.10. The van der Waals surface area contributed by atoms with Gasteiger partial charge in [0.05, 0.1) is 30.9 Å². The maximum Gasteiger partial charge on any atom is 0.291 e. The maximum atomic E-state index is 11.8. The molecular formula is C14H15N5O2. The number of furan rings is 1. The Morgan fingerprint density at radius 2 is 2.14 bits per heavy atom. The number of hydrogen-bond acceptors (Lipinski definition) is 4. The highest BCUT2D eigenvalue weighted by molar-refractivity contribution is 6.02. The highest BCUT2D eigenvalue weighted by Crippen LogP contribution is 2.10. The van der Waals surface area contributed by atoms with E-state index in [1.165, 1.54) is 6.26 Å². The first-order valence-corrected chi connectivity index (χ1v) is 6.63. The van der Waals surface area contributed by atoms with E-state index in [2.05, 4.69) is 15.5 Å². The van der Waals surface area contributed by atoms with Crippen molar-refractivity contribution in [3.63, 3.8) is 0 Å². The first kappa shape index (κ1) is 13.2. The minimum absolute atomic E-state index is 0.270. The van der Waals surface area contributed by atoms with Gasteiger partial charge in [0.2, 0.25) is 0 Å². The highest BCUT2D eigenvalue weighted by Gasteiger charge is 2.10. The van der Waals surface area contributed by atoms with Crippen LogP contribution in [-0.4, -0.2) is 25.5 Å². The Hall–Kier alpha value is -2.83. The molecule has 0 saturated heterocycles. The summed E-state index contributed by atoms with van der Waals surface area (Å²) in [4.78, 5) is 11.8. The van der Waals surface area contributed by atoms with Gasteiger partial charge in [-0.1, -0.05) is 0 Å². The molecular weight excluding hydrogens is 270 g/mol. The molecule has 0 bridgehead atoms. The number of anilines is 1. The third-order valence-electron chi connectivity index (χ3n) is 2.99. The number of aryl methyl sites for hydroxylation is 1. The number of rotatable bonds is 5. The van der Waals surface area contributed by atoms with Crippen molar-refractivity contribution >= 4 is 11.6 Å². The Morgan fingerprint density at radius 3 is 2.86 bits per heavy atom. The smallest absolute Gasteiger partial charge is 0.291 e. The molecule has 0 aliphatic carbocycles. The molecule has 0 spiro atoms. The molecule has 21 heavy (non-hydrogen) atoms. The Kier molecular flexibility index (Phi) is 3.55. The molecule has 3 rings (SSSR count). The van der Waals surface area contributed by atoms with Crippen LogP contribution < -0.4 is 5.32 Å². The highest BCUT2D eigenvalue weighted by atomic mass is 16.3. The summed E-state index contributed by atoms with van der Waals surface area (Å²) in [6, 6.07) is 3.28. The second-order valence-corrected chi connectivity index (χ2v) is 4.56. The van der Waals surface area contributed by atoms with Gasteiger partial charge in [-0.25, -0.2) is 0 Å². The summed E-state index contributed by atoms with van der Waals surface area (Å²) in [5.74, 6) is -0.0228. The van der Waals surface area contributed by atoms with Crippen LogP contribution in [0, 0.1) is 0 Å². The first-order chi connectivity index (χ1) is 10.2. The van der Waals surface area contributed by atoms with E-state index in [1.807, 2.05) is 24.0 Å². The summed E-state index contributed by atoms with van der Waals surface area (Å²) in [5.41, 5.74) is 1.68. The lowest BCUT2D eigenvalue weighted by atomic mass is 10.3. The van der Waals surface area contributed by atoms with E-state index in [1.54, 1.807) is 29.2 Å². The zero-order valence-corrected chi connectivity index (χ0v) is 11.6. The zero-order valence-electron chi connectivity index (χ0n) is 11.6. The molecule has 1 amide bonds. The molecule has 1 N–H and O–H groups in total. The molecule has 0 aromatic carbocycles. The van der Waals surface area contributed by atoms with Gasteiger partial charge in [0, 0.05) is 24.5 Å². The molecule has 0 unspecified atom stereocenters. The quantitative estimate of drug-likeness (QED) is 0.777. The topological polar surface area (TPSA) is 77.9 Å². The van der Waals surface area contributed by atoms with Crippen molar-refractivity contribution in [3.8, 4) is 0 Å². The Labute approximate surface area is 121 Å². The van der Waals surface area contributed by atoms with Gasteiger partial charge in [0.25, 0.3) is 5.91 Å². The van der Waals surface area contributed by atoms with E-state index in [9.17, 15) is 4.79 Å². The Balaban J connectivity index is 1.64.